The van der Waals surface area contributed by atoms with Crippen molar-refractivity contribution < 1.29 is 5.11 Å². The number of benzene rings is 2. The summed E-state index contributed by atoms with van der Waals surface area (Å²) in [5.74, 6) is 0.322. The lowest BCUT2D eigenvalue weighted by Gasteiger charge is -2.03. The van der Waals surface area contributed by atoms with Crippen molar-refractivity contribution in [3.63, 3.8) is 0 Å². The highest BCUT2D eigenvalue weighted by atomic mass is 16.3. The van der Waals surface area contributed by atoms with Gasteiger partial charge in [0.15, 0.2) is 0 Å². The van der Waals surface area contributed by atoms with Gasteiger partial charge in [0.2, 0.25) is 0 Å². The third-order valence-corrected chi connectivity index (χ3v) is 2.39. The number of nitrogens with one attached hydrogen (secondary N) is 1. The SMILES string of the molecule is CCCNc1ccc(C)cc1.Oc1ccccc1. The number of aromatic hydroxyl groups is 1. The maximum atomic E-state index is 8.63. The molecule has 18 heavy (non-hydrogen) atoms. The predicted octanol–water partition coefficient (Wildman–Crippen LogP) is 4.21. The van der Waals surface area contributed by atoms with Crippen LogP contribution in [0.3, 0.4) is 0 Å². The molecule has 0 fully saturated rings. The first-order valence-electron chi connectivity index (χ1n) is 6.27. The molecular weight excluding hydrogens is 222 g/mol. The second kappa shape index (κ2) is 8.18. The number of aryl methyl sites for hydroxylation is 1. The molecule has 0 spiro atoms. The van der Waals surface area contributed by atoms with Gasteiger partial charge in [0, 0.05) is 12.2 Å². The van der Waals surface area contributed by atoms with E-state index < -0.39 is 0 Å². The molecule has 0 unspecified atom stereocenters. The predicted molar refractivity (Wildman–Crippen MR) is 78.1 cm³/mol. The molecular formula is C16H21NO. The molecule has 0 aliphatic rings. The van der Waals surface area contributed by atoms with Crippen LogP contribution in [-0.4, -0.2) is 11.7 Å². The van der Waals surface area contributed by atoms with Crippen LogP contribution in [0, 0.1) is 6.92 Å². The van der Waals surface area contributed by atoms with Crippen LogP contribution in [0.25, 0.3) is 0 Å². The average Bonchev–Trinajstić information content (AvgIpc) is 2.40. The van der Waals surface area contributed by atoms with Gasteiger partial charge in [0.05, 0.1) is 0 Å². The first-order chi connectivity index (χ1) is 8.72. The number of para-hydroxylation sites is 1. The van der Waals surface area contributed by atoms with Crippen LogP contribution in [0.5, 0.6) is 5.75 Å². The lowest BCUT2D eigenvalue weighted by molar-refractivity contribution is 0.475. The van der Waals surface area contributed by atoms with E-state index in [0.717, 1.165) is 6.54 Å². The topological polar surface area (TPSA) is 32.3 Å². The molecule has 2 heteroatoms. The van der Waals surface area contributed by atoms with Crippen LogP contribution in [-0.2, 0) is 0 Å². The summed E-state index contributed by atoms with van der Waals surface area (Å²) in [5, 5.41) is 12.0. The van der Waals surface area contributed by atoms with Crippen molar-refractivity contribution >= 4 is 5.69 Å². The first-order valence-corrected chi connectivity index (χ1v) is 6.27. The maximum absolute atomic E-state index is 8.63. The molecule has 0 heterocycles. The minimum Gasteiger partial charge on any atom is -0.508 e. The largest absolute Gasteiger partial charge is 0.508 e. The van der Waals surface area contributed by atoms with E-state index in [1.165, 1.54) is 17.7 Å². The molecule has 0 radical (unpaired) electrons. The Kier molecular flexibility index (Phi) is 6.41. The Balaban J connectivity index is 0.000000199. The lowest BCUT2D eigenvalue weighted by atomic mass is 10.2. The minimum atomic E-state index is 0.322. The van der Waals surface area contributed by atoms with E-state index in [0.29, 0.717) is 5.75 Å². The molecule has 0 atom stereocenters. The third kappa shape index (κ3) is 5.94. The van der Waals surface area contributed by atoms with E-state index in [4.69, 9.17) is 5.11 Å². The Labute approximate surface area is 109 Å². The van der Waals surface area contributed by atoms with Gasteiger partial charge in [-0.15, -0.1) is 0 Å². The van der Waals surface area contributed by atoms with Gasteiger partial charge >= 0.3 is 0 Å². The Morgan fingerprint density at radius 1 is 0.944 bits per heavy atom. The van der Waals surface area contributed by atoms with E-state index in [1.807, 2.05) is 6.07 Å². The van der Waals surface area contributed by atoms with Gasteiger partial charge in [-0.05, 0) is 37.6 Å². The summed E-state index contributed by atoms with van der Waals surface area (Å²) in [7, 11) is 0. The summed E-state index contributed by atoms with van der Waals surface area (Å²) in [6.07, 6.45) is 1.17. The van der Waals surface area contributed by atoms with Crippen LogP contribution in [0.15, 0.2) is 54.6 Å². The van der Waals surface area contributed by atoms with Crippen molar-refractivity contribution in [2.24, 2.45) is 0 Å². The highest BCUT2D eigenvalue weighted by molar-refractivity contribution is 5.44. The molecule has 0 saturated carbocycles. The normalized spacial score (nSPS) is 9.22. The van der Waals surface area contributed by atoms with Crippen LogP contribution in [0.2, 0.25) is 0 Å². The molecule has 2 rings (SSSR count). The van der Waals surface area contributed by atoms with Crippen LogP contribution >= 0.6 is 0 Å². The fraction of sp³-hybridized carbons (Fsp3) is 0.250. The average molecular weight is 243 g/mol. The summed E-state index contributed by atoms with van der Waals surface area (Å²) in [6.45, 7) is 5.33. The fourth-order valence-corrected chi connectivity index (χ4v) is 1.37. The van der Waals surface area contributed by atoms with Gasteiger partial charge in [-0.25, -0.2) is 0 Å². The summed E-state index contributed by atoms with van der Waals surface area (Å²) in [4.78, 5) is 0. The third-order valence-electron chi connectivity index (χ3n) is 2.39. The number of hydrogen-bond donors (Lipinski definition) is 2. The zero-order chi connectivity index (χ0) is 13.2. The number of rotatable bonds is 3. The number of hydrogen-bond acceptors (Lipinski definition) is 2. The molecule has 0 bridgehead atoms. The monoisotopic (exact) mass is 243 g/mol. The van der Waals surface area contributed by atoms with Crippen molar-refractivity contribution in [3.05, 3.63) is 60.2 Å². The maximum Gasteiger partial charge on any atom is 0.115 e. The highest BCUT2D eigenvalue weighted by Gasteiger charge is 1.87. The second-order valence-electron chi connectivity index (χ2n) is 4.13. The lowest BCUT2D eigenvalue weighted by Crippen LogP contribution is -1.98. The smallest absolute Gasteiger partial charge is 0.115 e. The molecule has 2 aromatic carbocycles. The van der Waals surface area contributed by atoms with Crippen molar-refractivity contribution in [1.29, 1.82) is 0 Å². The minimum absolute atomic E-state index is 0.322. The quantitative estimate of drug-likeness (QED) is 0.846. The van der Waals surface area contributed by atoms with Crippen LogP contribution in [0.1, 0.15) is 18.9 Å². The second-order valence-corrected chi connectivity index (χ2v) is 4.13. The molecule has 2 N–H and O–H groups in total. The van der Waals surface area contributed by atoms with E-state index in [9.17, 15) is 0 Å². The summed E-state index contributed by atoms with van der Waals surface area (Å²) < 4.78 is 0. The Hall–Kier alpha value is -1.96. The van der Waals surface area contributed by atoms with Gasteiger partial charge < -0.3 is 10.4 Å². The summed E-state index contributed by atoms with van der Waals surface area (Å²) in [5.41, 5.74) is 2.53. The van der Waals surface area contributed by atoms with E-state index >= 15 is 0 Å². The fourth-order valence-electron chi connectivity index (χ4n) is 1.37. The van der Waals surface area contributed by atoms with Gasteiger partial charge in [-0.2, -0.15) is 0 Å². The number of phenolic OH excluding ortho intramolecular Hbond substituents is 1. The summed E-state index contributed by atoms with van der Waals surface area (Å²) >= 11 is 0. The Morgan fingerprint density at radius 3 is 2.00 bits per heavy atom. The molecule has 0 aromatic heterocycles. The van der Waals surface area contributed by atoms with Crippen molar-refractivity contribution in [2.75, 3.05) is 11.9 Å². The number of anilines is 1. The Bertz CT molecular complexity index is 423. The van der Waals surface area contributed by atoms with Gasteiger partial charge in [0.1, 0.15) is 5.75 Å². The molecule has 2 nitrogen and oxygen atoms in total. The molecule has 0 amide bonds. The van der Waals surface area contributed by atoms with E-state index in [2.05, 4.69) is 43.4 Å². The van der Waals surface area contributed by atoms with Crippen molar-refractivity contribution in [3.8, 4) is 5.75 Å². The van der Waals surface area contributed by atoms with Crippen molar-refractivity contribution in [1.82, 2.24) is 0 Å². The molecule has 0 saturated heterocycles. The summed E-state index contributed by atoms with van der Waals surface area (Å²) in [6, 6.07) is 17.2. The van der Waals surface area contributed by atoms with E-state index in [-0.39, 0.29) is 0 Å². The zero-order valence-electron chi connectivity index (χ0n) is 11.1. The van der Waals surface area contributed by atoms with Crippen LogP contribution < -0.4 is 5.32 Å². The molecule has 2 aromatic rings. The first kappa shape index (κ1) is 14.1. The van der Waals surface area contributed by atoms with Gasteiger partial charge in [-0.3, -0.25) is 0 Å². The molecule has 0 aliphatic carbocycles. The van der Waals surface area contributed by atoms with Crippen molar-refractivity contribution in [2.45, 2.75) is 20.3 Å². The molecule has 0 aliphatic heterocycles. The number of phenols is 1. The highest BCUT2D eigenvalue weighted by Crippen LogP contribution is 2.07. The van der Waals surface area contributed by atoms with Crippen LogP contribution in [0.4, 0.5) is 5.69 Å². The van der Waals surface area contributed by atoms with Gasteiger partial charge in [0.25, 0.3) is 0 Å². The Morgan fingerprint density at radius 2 is 1.56 bits per heavy atom. The molecule has 96 valence electrons. The zero-order valence-corrected chi connectivity index (χ0v) is 11.1. The van der Waals surface area contributed by atoms with E-state index in [1.54, 1.807) is 24.3 Å². The standard InChI is InChI=1S/C10H15N.C6H6O/c1-3-8-11-10-6-4-9(2)5-7-10;7-6-4-2-1-3-5-6/h4-7,11H,3,8H2,1-2H3;1-5,7H. The van der Waals surface area contributed by atoms with Gasteiger partial charge in [-0.1, -0.05) is 42.8 Å².